The van der Waals surface area contributed by atoms with Gasteiger partial charge in [0.2, 0.25) is 15.9 Å². The number of aromatic hydroxyl groups is 1. The molecule has 1 heterocycles. The van der Waals surface area contributed by atoms with Crippen molar-refractivity contribution in [2.45, 2.75) is 11.4 Å². The van der Waals surface area contributed by atoms with Crippen LogP contribution in [0.2, 0.25) is 0 Å². The van der Waals surface area contributed by atoms with Crippen LogP contribution in [0.15, 0.2) is 94.0 Å². The lowest BCUT2D eigenvalue weighted by atomic mass is 10.2. The number of primary sulfonamides is 1. The summed E-state index contributed by atoms with van der Waals surface area (Å²) in [5.41, 5.74) is 2.68. The fourth-order valence-corrected chi connectivity index (χ4v) is 3.62. The summed E-state index contributed by atoms with van der Waals surface area (Å²) in [6.45, 7) is 0.492. The molecule has 0 saturated carbocycles. The maximum absolute atomic E-state index is 11.4. The number of hydrogen-bond acceptors (Lipinski definition) is 5. The third-order valence-corrected chi connectivity index (χ3v) is 5.46. The van der Waals surface area contributed by atoms with Crippen LogP contribution in [-0.2, 0) is 16.6 Å². The Morgan fingerprint density at radius 3 is 2.21 bits per heavy atom. The van der Waals surface area contributed by atoms with Gasteiger partial charge >= 0.3 is 0 Å². The third-order valence-electron chi connectivity index (χ3n) is 4.53. The van der Waals surface area contributed by atoms with Crippen molar-refractivity contribution in [1.29, 1.82) is 0 Å². The second-order valence-corrected chi connectivity index (χ2v) is 8.06. The number of rotatable bonds is 5. The average molecular weight is 406 g/mol. The number of nitrogens with two attached hydrogens (primary N) is 1. The fraction of sp³-hybridized carbons (Fsp3) is 0.0476. The Morgan fingerprint density at radius 1 is 0.862 bits per heavy atom. The maximum Gasteiger partial charge on any atom is 0.238 e. The van der Waals surface area contributed by atoms with E-state index < -0.39 is 10.0 Å². The Hall–Kier alpha value is -3.49. The van der Waals surface area contributed by atoms with Crippen LogP contribution in [0.25, 0.3) is 10.9 Å². The standard InChI is InChI=1S/C21H18N4O3S/c22-29(27,28)17-12-10-16(11-13-17)23-24-20-18-8-4-5-9-19(18)25(21(20)26)14-15-6-2-1-3-7-15/h1-13,26H,14H2,(H2,22,27,28). The predicted octanol–water partition coefficient (Wildman–Crippen LogP) is 4.46. The predicted molar refractivity (Wildman–Crippen MR) is 111 cm³/mol. The Morgan fingerprint density at radius 2 is 1.52 bits per heavy atom. The highest BCUT2D eigenvalue weighted by atomic mass is 32.2. The van der Waals surface area contributed by atoms with Gasteiger partial charge in [-0.05, 0) is 35.9 Å². The molecule has 0 aliphatic carbocycles. The molecule has 29 heavy (non-hydrogen) atoms. The molecule has 1 aromatic heterocycles. The van der Waals surface area contributed by atoms with Gasteiger partial charge in [-0.25, -0.2) is 13.6 Å². The molecule has 0 saturated heterocycles. The zero-order chi connectivity index (χ0) is 20.4. The number of para-hydroxylation sites is 1. The van der Waals surface area contributed by atoms with Gasteiger partial charge in [0.15, 0.2) is 5.69 Å². The molecule has 0 spiro atoms. The molecule has 0 aliphatic heterocycles. The molecular weight excluding hydrogens is 388 g/mol. The minimum absolute atomic E-state index is 0.00115. The second-order valence-electron chi connectivity index (χ2n) is 6.50. The molecule has 0 atom stereocenters. The highest BCUT2D eigenvalue weighted by Crippen LogP contribution is 2.39. The van der Waals surface area contributed by atoms with Gasteiger partial charge in [0.25, 0.3) is 0 Å². The van der Waals surface area contributed by atoms with Crippen molar-refractivity contribution in [1.82, 2.24) is 4.57 Å². The van der Waals surface area contributed by atoms with Crippen molar-refractivity contribution in [3.8, 4) is 5.88 Å². The summed E-state index contributed by atoms with van der Waals surface area (Å²) in [6.07, 6.45) is 0. The van der Waals surface area contributed by atoms with Gasteiger partial charge in [0, 0.05) is 5.39 Å². The van der Waals surface area contributed by atoms with Crippen LogP contribution in [0.4, 0.5) is 11.4 Å². The summed E-state index contributed by atoms with van der Waals surface area (Å²) in [4.78, 5) is -0.00115. The van der Waals surface area contributed by atoms with Crippen molar-refractivity contribution in [2.24, 2.45) is 15.4 Å². The zero-order valence-electron chi connectivity index (χ0n) is 15.3. The molecule has 3 N–H and O–H groups in total. The number of nitrogens with zero attached hydrogens (tertiary/aromatic N) is 3. The summed E-state index contributed by atoms with van der Waals surface area (Å²) in [6, 6.07) is 23.1. The first-order valence-electron chi connectivity index (χ1n) is 8.82. The second kappa shape index (κ2) is 7.50. The van der Waals surface area contributed by atoms with E-state index in [4.69, 9.17) is 5.14 Å². The molecule has 0 fully saturated rings. The van der Waals surface area contributed by atoms with Crippen molar-refractivity contribution < 1.29 is 13.5 Å². The van der Waals surface area contributed by atoms with E-state index in [1.165, 1.54) is 24.3 Å². The molecule has 0 radical (unpaired) electrons. The highest BCUT2D eigenvalue weighted by molar-refractivity contribution is 7.89. The fourth-order valence-electron chi connectivity index (χ4n) is 3.11. The number of aromatic nitrogens is 1. The largest absolute Gasteiger partial charge is 0.493 e. The van der Waals surface area contributed by atoms with Crippen molar-refractivity contribution in [2.75, 3.05) is 0 Å². The Labute approximate surface area is 167 Å². The van der Waals surface area contributed by atoms with Crippen LogP contribution < -0.4 is 5.14 Å². The molecule has 146 valence electrons. The monoisotopic (exact) mass is 406 g/mol. The molecule has 0 bridgehead atoms. The quantitative estimate of drug-likeness (QED) is 0.477. The van der Waals surface area contributed by atoms with Crippen LogP contribution in [-0.4, -0.2) is 18.1 Å². The first-order valence-corrected chi connectivity index (χ1v) is 10.4. The number of hydrogen-bond donors (Lipinski definition) is 2. The van der Waals surface area contributed by atoms with Crippen LogP contribution in [0, 0.1) is 0 Å². The van der Waals surface area contributed by atoms with Crippen LogP contribution in [0.1, 0.15) is 5.56 Å². The smallest absolute Gasteiger partial charge is 0.238 e. The third kappa shape index (κ3) is 3.89. The molecule has 0 amide bonds. The lowest BCUT2D eigenvalue weighted by molar-refractivity contribution is 0.429. The Balaban J connectivity index is 1.72. The minimum atomic E-state index is -3.76. The lowest BCUT2D eigenvalue weighted by Crippen LogP contribution is -2.11. The van der Waals surface area contributed by atoms with E-state index >= 15 is 0 Å². The number of benzene rings is 3. The maximum atomic E-state index is 11.4. The summed E-state index contributed by atoms with van der Waals surface area (Å²) in [7, 11) is -3.76. The number of azo groups is 1. The van der Waals surface area contributed by atoms with Gasteiger partial charge in [0.1, 0.15) is 0 Å². The van der Waals surface area contributed by atoms with Gasteiger partial charge in [-0.2, -0.15) is 5.11 Å². The molecule has 8 heteroatoms. The van der Waals surface area contributed by atoms with Gasteiger partial charge < -0.3 is 9.67 Å². The highest BCUT2D eigenvalue weighted by Gasteiger charge is 2.16. The molecular formula is C21H18N4O3S. The van der Waals surface area contributed by atoms with Crippen LogP contribution >= 0.6 is 0 Å². The Bertz CT molecular complexity index is 1300. The topological polar surface area (TPSA) is 110 Å². The molecule has 0 unspecified atom stereocenters. The van der Waals surface area contributed by atoms with Crippen molar-refractivity contribution >= 4 is 32.3 Å². The van der Waals surface area contributed by atoms with E-state index in [0.717, 1.165) is 16.5 Å². The van der Waals surface area contributed by atoms with E-state index in [2.05, 4.69) is 10.2 Å². The minimum Gasteiger partial charge on any atom is -0.493 e. The van der Waals surface area contributed by atoms with Crippen LogP contribution in [0.3, 0.4) is 0 Å². The first kappa shape index (κ1) is 18.9. The van der Waals surface area contributed by atoms with Gasteiger partial charge in [0.05, 0.1) is 22.6 Å². The van der Waals surface area contributed by atoms with E-state index in [0.29, 0.717) is 17.9 Å². The molecule has 3 aromatic carbocycles. The van der Waals surface area contributed by atoms with Gasteiger partial charge in [-0.3, -0.25) is 0 Å². The number of sulfonamides is 1. The first-order chi connectivity index (χ1) is 13.9. The number of fused-ring (bicyclic) bond motifs is 1. The van der Waals surface area contributed by atoms with E-state index in [1.807, 2.05) is 54.6 Å². The normalized spacial score (nSPS) is 12.0. The molecule has 0 aliphatic rings. The van der Waals surface area contributed by atoms with Gasteiger partial charge in [-0.15, -0.1) is 5.11 Å². The summed E-state index contributed by atoms with van der Waals surface area (Å²) >= 11 is 0. The van der Waals surface area contributed by atoms with Gasteiger partial charge in [-0.1, -0.05) is 48.5 Å². The van der Waals surface area contributed by atoms with E-state index in [-0.39, 0.29) is 10.8 Å². The average Bonchev–Trinajstić information content (AvgIpc) is 2.98. The van der Waals surface area contributed by atoms with E-state index in [9.17, 15) is 13.5 Å². The molecule has 4 rings (SSSR count). The summed E-state index contributed by atoms with van der Waals surface area (Å²) in [5.74, 6) is 0.0139. The lowest BCUT2D eigenvalue weighted by Gasteiger charge is -2.06. The van der Waals surface area contributed by atoms with E-state index in [1.54, 1.807) is 4.57 Å². The van der Waals surface area contributed by atoms with Crippen molar-refractivity contribution in [3.05, 3.63) is 84.4 Å². The summed E-state index contributed by atoms with van der Waals surface area (Å²) < 4.78 is 24.5. The zero-order valence-corrected chi connectivity index (χ0v) is 16.1. The summed E-state index contributed by atoms with van der Waals surface area (Å²) in [5, 5.41) is 25.1. The van der Waals surface area contributed by atoms with Crippen LogP contribution in [0.5, 0.6) is 5.88 Å². The SMILES string of the molecule is NS(=O)(=O)c1ccc(N=Nc2c(O)n(Cc3ccccc3)c3ccccc23)cc1. The Kier molecular flexibility index (Phi) is 4.87. The molecule has 4 aromatic rings. The molecule has 7 nitrogen and oxygen atoms in total. The van der Waals surface area contributed by atoms with Crippen molar-refractivity contribution in [3.63, 3.8) is 0 Å².